The van der Waals surface area contributed by atoms with Gasteiger partial charge in [0.25, 0.3) is 0 Å². The molecule has 1 aliphatic carbocycles. The Morgan fingerprint density at radius 3 is 1.92 bits per heavy atom. The van der Waals surface area contributed by atoms with Gasteiger partial charge in [0.1, 0.15) is 0 Å². The van der Waals surface area contributed by atoms with E-state index < -0.39 is 0 Å². The lowest BCUT2D eigenvalue weighted by Gasteiger charge is -2.25. The first-order valence-corrected chi connectivity index (χ1v) is 17.7. The number of hydrogen-bond acceptors (Lipinski definition) is 0. The van der Waals surface area contributed by atoms with Crippen molar-refractivity contribution in [2.24, 2.45) is 5.92 Å². The van der Waals surface area contributed by atoms with E-state index in [0.29, 0.717) is 5.92 Å². The van der Waals surface area contributed by atoms with Crippen molar-refractivity contribution in [2.45, 2.75) is 60.3 Å². The number of aryl methyl sites for hydroxylation is 1. The monoisotopic (exact) mass is 624 g/mol. The Kier molecular flexibility index (Phi) is 10.2. The Morgan fingerprint density at radius 2 is 1.27 bits per heavy atom. The molecule has 5 aromatic rings. The van der Waals surface area contributed by atoms with Crippen LogP contribution >= 0.6 is 0 Å². The molecule has 0 saturated carbocycles. The Bertz CT molecular complexity index is 2040. The predicted molar refractivity (Wildman–Crippen MR) is 211 cm³/mol. The van der Waals surface area contributed by atoms with Crippen LogP contribution in [0.1, 0.15) is 69.7 Å². The van der Waals surface area contributed by atoms with Crippen LogP contribution in [0, 0.1) is 5.92 Å². The summed E-state index contributed by atoms with van der Waals surface area (Å²) in [5, 5.41) is 0. The van der Waals surface area contributed by atoms with Gasteiger partial charge in [-0.2, -0.15) is 0 Å². The van der Waals surface area contributed by atoms with Gasteiger partial charge in [0.15, 0.2) is 0 Å². The Labute approximate surface area is 288 Å². The summed E-state index contributed by atoms with van der Waals surface area (Å²) in [6, 6.07) is 40.8. The van der Waals surface area contributed by atoms with E-state index in [-0.39, 0.29) is 0 Å². The van der Waals surface area contributed by atoms with E-state index in [1.165, 1.54) is 72.3 Å². The van der Waals surface area contributed by atoms with E-state index in [4.69, 9.17) is 0 Å². The van der Waals surface area contributed by atoms with Crippen LogP contribution in [0.25, 0.3) is 55.7 Å². The van der Waals surface area contributed by atoms with Crippen molar-refractivity contribution in [3.8, 4) is 44.5 Å². The van der Waals surface area contributed by atoms with E-state index in [0.717, 1.165) is 36.8 Å². The van der Waals surface area contributed by atoms with Crippen LogP contribution in [0.2, 0.25) is 0 Å². The minimum Gasteiger partial charge on any atom is -0.0912 e. The average molecular weight is 625 g/mol. The van der Waals surface area contributed by atoms with E-state index >= 15 is 0 Å². The lowest BCUT2D eigenvalue weighted by Crippen LogP contribution is -2.07. The van der Waals surface area contributed by atoms with Gasteiger partial charge in [-0.1, -0.05) is 137 Å². The Balaban J connectivity index is 1.47. The fourth-order valence-electron chi connectivity index (χ4n) is 7.31. The first-order valence-electron chi connectivity index (χ1n) is 17.7. The molecule has 48 heavy (non-hydrogen) atoms. The van der Waals surface area contributed by atoms with Gasteiger partial charge in [-0.25, -0.2) is 0 Å². The first-order chi connectivity index (χ1) is 23.4. The van der Waals surface area contributed by atoms with Crippen LogP contribution < -0.4 is 0 Å². The zero-order chi connectivity index (χ0) is 33.6. The second kappa shape index (κ2) is 14.9. The van der Waals surface area contributed by atoms with Crippen molar-refractivity contribution in [2.75, 3.05) is 0 Å². The minimum absolute atomic E-state index is 0.521. The third-order valence-corrected chi connectivity index (χ3v) is 9.78. The highest BCUT2D eigenvalue weighted by atomic mass is 14.2. The van der Waals surface area contributed by atoms with Crippen molar-refractivity contribution in [1.29, 1.82) is 0 Å². The molecule has 0 heterocycles. The zero-order valence-electron chi connectivity index (χ0n) is 29.3. The molecule has 0 nitrogen and oxygen atoms in total. The van der Waals surface area contributed by atoms with Gasteiger partial charge >= 0.3 is 0 Å². The van der Waals surface area contributed by atoms with E-state index in [2.05, 4.69) is 175 Å². The maximum atomic E-state index is 4.44. The SMILES string of the molecule is C=C(/C=C\C)c1cc(-c2cccc(-c3cccc(CC)c3)c2)cc(-c2cccc(-c3cccc(C4=C(C)C=CCC4C)c3CCC)c2)c1. The fraction of sp³-hybridized carbons (Fsp3) is 0.208. The summed E-state index contributed by atoms with van der Waals surface area (Å²) in [6.07, 6.45) is 13.1. The summed E-state index contributed by atoms with van der Waals surface area (Å²) in [6.45, 7) is 15.6. The lowest BCUT2D eigenvalue weighted by atomic mass is 9.80. The minimum atomic E-state index is 0.521. The molecule has 0 radical (unpaired) electrons. The highest BCUT2D eigenvalue weighted by Crippen LogP contribution is 2.40. The van der Waals surface area contributed by atoms with Gasteiger partial charge in [-0.3, -0.25) is 0 Å². The number of benzene rings is 5. The molecule has 0 spiro atoms. The van der Waals surface area contributed by atoms with Gasteiger partial charge in [-0.05, 0) is 153 Å². The molecule has 1 aliphatic rings. The van der Waals surface area contributed by atoms with Crippen molar-refractivity contribution in [1.82, 2.24) is 0 Å². The highest BCUT2D eigenvalue weighted by molar-refractivity contribution is 5.86. The molecule has 240 valence electrons. The summed E-state index contributed by atoms with van der Waals surface area (Å²) in [5.41, 5.74) is 19.2. The normalized spacial score (nSPS) is 14.6. The number of allylic oxidation sites excluding steroid dienone is 7. The molecule has 5 aromatic carbocycles. The molecule has 0 N–H and O–H groups in total. The molecule has 1 unspecified atom stereocenters. The molecule has 0 amide bonds. The molecular weight excluding hydrogens is 577 g/mol. The fourth-order valence-corrected chi connectivity index (χ4v) is 7.31. The van der Waals surface area contributed by atoms with Crippen LogP contribution in [-0.4, -0.2) is 0 Å². The Morgan fingerprint density at radius 1 is 0.708 bits per heavy atom. The molecule has 1 atom stereocenters. The molecule has 0 aliphatic heterocycles. The van der Waals surface area contributed by atoms with Gasteiger partial charge in [0.2, 0.25) is 0 Å². The lowest BCUT2D eigenvalue weighted by molar-refractivity contribution is 0.749. The third-order valence-electron chi connectivity index (χ3n) is 9.78. The van der Waals surface area contributed by atoms with Crippen molar-refractivity contribution < 1.29 is 0 Å². The maximum Gasteiger partial charge on any atom is -0.0146 e. The summed E-state index contributed by atoms with van der Waals surface area (Å²) >= 11 is 0. The zero-order valence-corrected chi connectivity index (χ0v) is 29.3. The smallest absolute Gasteiger partial charge is 0.0146 e. The van der Waals surface area contributed by atoms with Crippen LogP contribution in [0.5, 0.6) is 0 Å². The maximum absolute atomic E-state index is 4.44. The molecule has 0 aromatic heterocycles. The summed E-state index contributed by atoms with van der Waals surface area (Å²) in [4.78, 5) is 0. The third kappa shape index (κ3) is 6.99. The van der Waals surface area contributed by atoms with Crippen LogP contribution in [0.15, 0.2) is 146 Å². The molecule has 0 saturated heterocycles. The molecule has 0 heteroatoms. The molecule has 6 rings (SSSR count). The van der Waals surface area contributed by atoms with Crippen LogP contribution in [0.4, 0.5) is 0 Å². The van der Waals surface area contributed by atoms with E-state index in [9.17, 15) is 0 Å². The van der Waals surface area contributed by atoms with Gasteiger partial charge in [0.05, 0.1) is 0 Å². The standard InChI is InChI=1S/C48H48/c1-7-15-33(4)42-30-43(39-22-12-21-38(28-39)37-20-11-19-36(9-3)27-37)32-44(31-42)40-23-13-24-41(29-40)45-25-14-26-47(46(45)16-8-2)48-34(5)17-10-18-35(48)6/h7,10-15,17,19-32,35H,4,8-9,16,18H2,1-3,5-6H3/b15-7-. The van der Waals surface area contributed by atoms with E-state index in [1.54, 1.807) is 0 Å². The first kappa shape index (κ1) is 33.0. The molecule has 0 fully saturated rings. The van der Waals surface area contributed by atoms with Crippen molar-refractivity contribution >= 4 is 11.1 Å². The van der Waals surface area contributed by atoms with Crippen LogP contribution in [0.3, 0.4) is 0 Å². The average Bonchev–Trinajstić information content (AvgIpc) is 3.12. The van der Waals surface area contributed by atoms with Gasteiger partial charge in [0, 0.05) is 0 Å². The van der Waals surface area contributed by atoms with Gasteiger partial charge < -0.3 is 0 Å². The Hall–Kier alpha value is -4.94. The number of hydrogen-bond donors (Lipinski definition) is 0. The number of rotatable bonds is 10. The second-order valence-electron chi connectivity index (χ2n) is 13.3. The summed E-state index contributed by atoms with van der Waals surface area (Å²) in [7, 11) is 0. The summed E-state index contributed by atoms with van der Waals surface area (Å²) in [5.74, 6) is 0.521. The van der Waals surface area contributed by atoms with Crippen molar-refractivity contribution in [3.63, 3.8) is 0 Å². The quantitative estimate of drug-likeness (QED) is 0.136. The van der Waals surface area contributed by atoms with Crippen molar-refractivity contribution in [3.05, 3.63) is 168 Å². The molecule has 0 bridgehead atoms. The second-order valence-corrected chi connectivity index (χ2v) is 13.3. The van der Waals surface area contributed by atoms with Gasteiger partial charge in [-0.15, -0.1) is 0 Å². The highest BCUT2D eigenvalue weighted by Gasteiger charge is 2.20. The molecular formula is C48H48. The van der Waals surface area contributed by atoms with E-state index in [1.807, 2.05) is 0 Å². The largest absolute Gasteiger partial charge is 0.0912 e. The summed E-state index contributed by atoms with van der Waals surface area (Å²) < 4.78 is 0. The van der Waals surface area contributed by atoms with Crippen LogP contribution in [-0.2, 0) is 12.8 Å². The predicted octanol–water partition coefficient (Wildman–Crippen LogP) is 13.8. The topological polar surface area (TPSA) is 0 Å².